The molecule has 4 rings (SSSR count). The van der Waals surface area contributed by atoms with Crippen molar-refractivity contribution in [2.24, 2.45) is 0 Å². The van der Waals surface area contributed by atoms with Gasteiger partial charge in [-0.1, -0.05) is 37.3 Å². The number of aryl methyl sites for hydroxylation is 1. The summed E-state index contributed by atoms with van der Waals surface area (Å²) in [6.45, 7) is 5.35. The summed E-state index contributed by atoms with van der Waals surface area (Å²) in [5.74, 6) is 0.753. The van der Waals surface area contributed by atoms with Gasteiger partial charge < -0.3 is 10.6 Å². The molecule has 6 nitrogen and oxygen atoms in total. The molecule has 2 aromatic heterocycles. The highest BCUT2D eigenvalue weighted by atomic mass is 32.1. The highest BCUT2D eigenvalue weighted by molar-refractivity contribution is 7.18. The van der Waals surface area contributed by atoms with Crippen molar-refractivity contribution in [1.82, 2.24) is 20.2 Å². The second kappa shape index (κ2) is 9.33. The maximum Gasteiger partial charge on any atom is 0.239 e. The fraction of sp³-hybridized carbons (Fsp3) is 0.409. The van der Waals surface area contributed by atoms with Crippen molar-refractivity contribution in [3.05, 3.63) is 53.2 Å². The first-order chi connectivity index (χ1) is 14.2. The van der Waals surface area contributed by atoms with Crippen LogP contribution < -0.4 is 10.6 Å². The van der Waals surface area contributed by atoms with Crippen molar-refractivity contribution in [2.75, 3.05) is 25.0 Å². The van der Waals surface area contributed by atoms with E-state index in [9.17, 15) is 4.79 Å². The number of carbonyl (C=O) groups is 1. The summed E-state index contributed by atoms with van der Waals surface area (Å²) in [4.78, 5) is 25.8. The predicted octanol–water partition coefficient (Wildman–Crippen LogP) is 3.45. The quantitative estimate of drug-likeness (QED) is 0.626. The SMILES string of the molecule is CCc1cc2c(NCC(=O)NC3CCN(Cc4ccccc4)CC3)ncnc2s1. The Morgan fingerprint density at radius 1 is 1.21 bits per heavy atom. The van der Waals surface area contributed by atoms with Crippen molar-refractivity contribution in [3.8, 4) is 0 Å². The van der Waals surface area contributed by atoms with Crippen molar-refractivity contribution in [2.45, 2.75) is 38.8 Å². The summed E-state index contributed by atoms with van der Waals surface area (Å²) in [7, 11) is 0. The van der Waals surface area contributed by atoms with Crippen molar-refractivity contribution in [1.29, 1.82) is 0 Å². The van der Waals surface area contributed by atoms with E-state index in [1.165, 1.54) is 10.4 Å². The number of carbonyl (C=O) groups excluding carboxylic acids is 1. The van der Waals surface area contributed by atoms with E-state index in [1.807, 2.05) is 6.07 Å². The van der Waals surface area contributed by atoms with E-state index in [0.717, 1.165) is 54.9 Å². The molecule has 2 N–H and O–H groups in total. The third-order valence-corrected chi connectivity index (χ3v) is 6.53. The van der Waals surface area contributed by atoms with Crippen LogP contribution in [0.5, 0.6) is 0 Å². The first-order valence-electron chi connectivity index (χ1n) is 10.2. The molecule has 7 heteroatoms. The molecule has 1 aliphatic heterocycles. The number of thiophene rings is 1. The van der Waals surface area contributed by atoms with E-state index in [-0.39, 0.29) is 18.5 Å². The highest BCUT2D eigenvalue weighted by Gasteiger charge is 2.20. The van der Waals surface area contributed by atoms with Crippen LogP contribution in [0.3, 0.4) is 0 Å². The third-order valence-electron chi connectivity index (χ3n) is 5.35. The summed E-state index contributed by atoms with van der Waals surface area (Å²) in [6, 6.07) is 12.9. The number of aromatic nitrogens is 2. The molecule has 152 valence electrons. The molecule has 1 saturated heterocycles. The van der Waals surface area contributed by atoms with Gasteiger partial charge in [-0.3, -0.25) is 9.69 Å². The lowest BCUT2D eigenvalue weighted by molar-refractivity contribution is -0.120. The molecule has 0 unspecified atom stereocenters. The molecule has 0 spiro atoms. The van der Waals surface area contributed by atoms with Crippen molar-refractivity contribution in [3.63, 3.8) is 0 Å². The van der Waals surface area contributed by atoms with Crippen LogP contribution in [0.2, 0.25) is 0 Å². The Labute approximate surface area is 175 Å². The Bertz CT molecular complexity index is 950. The van der Waals surface area contributed by atoms with Gasteiger partial charge in [0.15, 0.2) is 0 Å². The number of hydrogen-bond acceptors (Lipinski definition) is 6. The molecule has 1 aliphatic rings. The number of amides is 1. The fourth-order valence-electron chi connectivity index (χ4n) is 3.74. The largest absolute Gasteiger partial charge is 0.360 e. The molecule has 0 saturated carbocycles. The number of piperidine rings is 1. The second-order valence-corrected chi connectivity index (χ2v) is 8.58. The lowest BCUT2D eigenvalue weighted by atomic mass is 10.0. The van der Waals surface area contributed by atoms with Gasteiger partial charge in [-0.2, -0.15) is 0 Å². The van der Waals surface area contributed by atoms with E-state index in [2.05, 4.69) is 62.8 Å². The van der Waals surface area contributed by atoms with E-state index >= 15 is 0 Å². The van der Waals surface area contributed by atoms with Crippen LogP contribution in [0.1, 0.15) is 30.2 Å². The van der Waals surface area contributed by atoms with E-state index in [1.54, 1.807) is 17.7 Å². The lowest BCUT2D eigenvalue weighted by Gasteiger charge is -2.32. The topological polar surface area (TPSA) is 70.2 Å². The van der Waals surface area contributed by atoms with Crippen LogP contribution in [-0.4, -0.2) is 46.5 Å². The smallest absolute Gasteiger partial charge is 0.239 e. The number of likely N-dealkylation sites (tertiary alicyclic amines) is 1. The van der Waals surface area contributed by atoms with Crippen LogP contribution in [0.4, 0.5) is 5.82 Å². The zero-order chi connectivity index (χ0) is 20.1. The summed E-state index contributed by atoms with van der Waals surface area (Å²) >= 11 is 1.68. The van der Waals surface area contributed by atoms with Crippen molar-refractivity contribution < 1.29 is 4.79 Å². The molecule has 0 aliphatic carbocycles. The Balaban J connectivity index is 1.24. The van der Waals surface area contributed by atoms with Crippen LogP contribution in [0.15, 0.2) is 42.7 Å². The minimum atomic E-state index is 0.0178. The molecule has 1 fully saturated rings. The first-order valence-corrected chi connectivity index (χ1v) is 11.1. The number of rotatable bonds is 7. The average Bonchev–Trinajstić information content (AvgIpc) is 3.18. The third kappa shape index (κ3) is 5.10. The van der Waals surface area contributed by atoms with Gasteiger partial charge in [0.05, 0.1) is 11.9 Å². The van der Waals surface area contributed by atoms with Gasteiger partial charge in [0.1, 0.15) is 17.0 Å². The average molecular weight is 410 g/mol. The van der Waals surface area contributed by atoms with Gasteiger partial charge >= 0.3 is 0 Å². The summed E-state index contributed by atoms with van der Waals surface area (Å²) in [6.07, 6.45) is 4.51. The standard InChI is InChI=1S/C22H27N5OS/c1-2-18-12-19-21(24-15-25-22(19)29-18)23-13-20(28)26-17-8-10-27(11-9-17)14-16-6-4-3-5-7-16/h3-7,12,15,17H,2,8-11,13-14H2,1H3,(H,26,28)(H,23,24,25). The number of nitrogens with zero attached hydrogens (tertiary/aromatic N) is 3. The van der Waals surface area contributed by atoms with Gasteiger partial charge in [-0.25, -0.2) is 9.97 Å². The molecule has 3 heterocycles. The Kier molecular flexibility index (Phi) is 6.36. The van der Waals surface area contributed by atoms with E-state index in [4.69, 9.17) is 0 Å². The van der Waals surface area contributed by atoms with Gasteiger partial charge in [0.2, 0.25) is 5.91 Å². The molecule has 3 aromatic rings. The fourth-order valence-corrected chi connectivity index (χ4v) is 4.68. The van der Waals surface area contributed by atoms with Gasteiger partial charge in [-0.05, 0) is 30.9 Å². The molecule has 0 atom stereocenters. The van der Waals surface area contributed by atoms with Gasteiger partial charge in [-0.15, -0.1) is 11.3 Å². The number of fused-ring (bicyclic) bond motifs is 1. The zero-order valence-corrected chi connectivity index (χ0v) is 17.5. The van der Waals surface area contributed by atoms with Crippen LogP contribution in [0, 0.1) is 0 Å². The van der Waals surface area contributed by atoms with Crippen LogP contribution >= 0.6 is 11.3 Å². The molecule has 0 radical (unpaired) electrons. The monoisotopic (exact) mass is 409 g/mol. The van der Waals surface area contributed by atoms with Crippen molar-refractivity contribution >= 4 is 33.3 Å². The first kappa shape index (κ1) is 19.8. The van der Waals surface area contributed by atoms with Crippen LogP contribution in [-0.2, 0) is 17.8 Å². The van der Waals surface area contributed by atoms with E-state index < -0.39 is 0 Å². The molecule has 1 amide bonds. The molecule has 29 heavy (non-hydrogen) atoms. The molecular formula is C22H27N5OS. The predicted molar refractivity (Wildman–Crippen MR) is 118 cm³/mol. The number of nitrogens with one attached hydrogen (secondary N) is 2. The van der Waals surface area contributed by atoms with Gasteiger partial charge in [0.25, 0.3) is 0 Å². The van der Waals surface area contributed by atoms with Gasteiger partial charge in [0, 0.05) is 30.6 Å². The summed E-state index contributed by atoms with van der Waals surface area (Å²) in [5.41, 5.74) is 1.34. The molecule has 0 bridgehead atoms. The number of hydrogen-bond donors (Lipinski definition) is 2. The maximum atomic E-state index is 12.4. The highest BCUT2D eigenvalue weighted by Crippen LogP contribution is 2.28. The van der Waals surface area contributed by atoms with Crippen LogP contribution in [0.25, 0.3) is 10.2 Å². The number of benzene rings is 1. The zero-order valence-electron chi connectivity index (χ0n) is 16.7. The minimum absolute atomic E-state index is 0.0178. The Hall–Kier alpha value is -2.51. The normalized spacial score (nSPS) is 15.5. The summed E-state index contributed by atoms with van der Waals surface area (Å²) < 4.78 is 0. The minimum Gasteiger partial charge on any atom is -0.360 e. The summed E-state index contributed by atoms with van der Waals surface area (Å²) in [5, 5.41) is 7.35. The Morgan fingerprint density at radius 3 is 2.76 bits per heavy atom. The lowest BCUT2D eigenvalue weighted by Crippen LogP contribution is -2.45. The van der Waals surface area contributed by atoms with E-state index in [0.29, 0.717) is 0 Å². The Morgan fingerprint density at radius 2 is 2.00 bits per heavy atom. The second-order valence-electron chi connectivity index (χ2n) is 7.46. The molecule has 1 aromatic carbocycles. The molecular weight excluding hydrogens is 382 g/mol. The number of anilines is 1. The maximum absolute atomic E-state index is 12.4.